The van der Waals surface area contributed by atoms with Crippen LogP contribution < -0.4 is 11.5 Å². The number of aliphatic imine (C=N–C) groups is 2. The predicted molar refractivity (Wildman–Crippen MR) is 67.8 cm³/mol. The summed E-state index contributed by atoms with van der Waals surface area (Å²) in [5.41, 5.74) is 11.7. The van der Waals surface area contributed by atoms with Gasteiger partial charge in [-0.25, -0.2) is 4.99 Å². The number of carbonyl (C=O) groups excluding carboxylic acids is 1. The molecule has 0 spiro atoms. The van der Waals surface area contributed by atoms with E-state index >= 15 is 0 Å². The zero-order valence-electron chi connectivity index (χ0n) is 8.33. The Kier molecular flexibility index (Phi) is 4.28. The molecule has 5 nitrogen and oxygen atoms in total. The van der Waals surface area contributed by atoms with Crippen molar-refractivity contribution in [1.29, 1.82) is 0 Å². The third-order valence-corrected chi connectivity index (χ3v) is 1.82. The monoisotopic (exact) mass is 234 g/mol. The van der Waals surface area contributed by atoms with Gasteiger partial charge in [-0.3, -0.25) is 4.79 Å². The summed E-state index contributed by atoms with van der Waals surface area (Å²) in [7, 11) is 0. The topological polar surface area (TPSA) is 93.8 Å². The highest BCUT2D eigenvalue weighted by molar-refractivity contribution is 7.80. The minimum Gasteiger partial charge on any atom is -0.370 e. The van der Waals surface area contributed by atoms with Gasteiger partial charge < -0.3 is 11.5 Å². The lowest BCUT2D eigenvalue weighted by atomic mass is 10.2. The number of rotatable bonds is 2. The molecule has 0 unspecified atom stereocenters. The third kappa shape index (κ3) is 3.97. The zero-order chi connectivity index (χ0) is 12.0. The normalized spacial score (nSPS) is 10.0. The van der Waals surface area contributed by atoms with Gasteiger partial charge in [0.15, 0.2) is 5.96 Å². The van der Waals surface area contributed by atoms with Crippen LogP contribution in [0.4, 0.5) is 0 Å². The number of benzene rings is 1. The van der Waals surface area contributed by atoms with E-state index in [4.69, 9.17) is 23.7 Å². The average Bonchev–Trinajstić information content (AvgIpc) is 2.26. The van der Waals surface area contributed by atoms with E-state index in [1.54, 1.807) is 24.3 Å². The van der Waals surface area contributed by atoms with Gasteiger partial charge in [0.1, 0.15) is 6.29 Å². The second-order valence-corrected chi connectivity index (χ2v) is 3.23. The van der Waals surface area contributed by atoms with Crippen molar-refractivity contribution < 1.29 is 4.79 Å². The Morgan fingerprint density at radius 3 is 2.25 bits per heavy atom. The predicted octanol–water partition coefficient (Wildman–Crippen LogP) is 0.476. The molecule has 0 aliphatic carbocycles. The van der Waals surface area contributed by atoms with Crippen LogP contribution in [-0.2, 0) is 0 Å². The summed E-state index contributed by atoms with van der Waals surface area (Å²) in [5, 5.41) is 0.0551. The standard InChI is InChI=1S/C10H10N4OS/c11-9(12)14-10(16)13-5-7-1-3-8(6-15)4-2-7/h1-6H,(H4,11,12,14,16). The lowest BCUT2D eigenvalue weighted by molar-refractivity contribution is 0.112. The number of hydrogen-bond donors (Lipinski definition) is 2. The Morgan fingerprint density at radius 2 is 1.75 bits per heavy atom. The molecule has 0 aliphatic heterocycles. The summed E-state index contributed by atoms with van der Waals surface area (Å²) in [6.07, 6.45) is 2.29. The van der Waals surface area contributed by atoms with Crippen LogP contribution in [0.15, 0.2) is 34.3 Å². The summed E-state index contributed by atoms with van der Waals surface area (Å²) < 4.78 is 0. The van der Waals surface area contributed by atoms with Crippen molar-refractivity contribution in [3.05, 3.63) is 35.4 Å². The first-order valence-corrected chi connectivity index (χ1v) is 4.75. The molecule has 16 heavy (non-hydrogen) atoms. The molecule has 0 aromatic heterocycles. The smallest absolute Gasteiger partial charge is 0.222 e. The van der Waals surface area contributed by atoms with Gasteiger partial charge in [-0.1, -0.05) is 24.3 Å². The van der Waals surface area contributed by atoms with Crippen LogP contribution >= 0.6 is 12.2 Å². The maximum atomic E-state index is 10.4. The molecule has 4 N–H and O–H groups in total. The molecule has 1 aromatic carbocycles. The fourth-order valence-electron chi connectivity index (χ4n) is 0.930. The Hall–Kier alpha value is -2.08. The highest BCUT2D eigenvalue weighted by Gasteiger charge is 1.92. The van der Waals surface area contributed by atoms with Gasteiger partial charge in [-0.2, -0.15) is 4.99 Å². The van der Waals surface area contributed by atoms with E-state index in [9.17, 15) is 4.79 Å². The lowest BCUT2D eigenvalue weighted by Gasteiger charge is -1.93. The van der Waals surface area contributed by atoms with Crippen LogP contribution in [0.25, 0.3) is 0 Å². The molecular weight excluding hydrogens is 224 g/mol. The molecule has 0 bridgehead atoms. The fourth-order valence-corrected chi connectivity index (χ4v) is 1.09. The van der Waals surface area contributed by atoms with Crippen molar-refractivity contribution in [3.63, 3.8) is 0 Å². The van der Waals surface area contributed by atoms with Gasteiger partial charge in [-0.05, 0) is 17.8 Å². The number of nitrogens with two attached hydrogens (primary N) is 2. The molecule has 6 heteroatoms. The van der Waals surface area contributed by atoms with Crippen LogP contribution in [0.1, 0.15) is 15.9 Å². The van der Waals surface area contributed by atoms with Crippen LogP contribution in [0.3, 0.4) is 0 Å². The second-order valence-electron chi connectivity index (χ2n) is 2.86. The van der Waals surface area contributed by atoms with Crippen LogP contribution in [-0.4, -0.2) is 23.6 Å². The van der Waals surface area contributed by atoms with E-state index in [2.05, 4.69) is 9.98 Å². The Bertz CT molecular complexity index is 446. The molecule has 0 saturated carbocycles. The Balaban J connectivity index is 2.73. The number of aldehydes is 1. The number of hydrogen-bond acceptors (Lipinski definition) is 2. The fraction of sp³-hybridized carbons (Fsp3) is 0. The number of nitrogens with zero attached hydrogens (tertiary/aromatic N) is 2. The molecule has 0 radical (unpaired) electrons. The molecule has 0 fully saturated rings. The summed E-state index contributed by atoms with van der Waals surface area (Å²) >= 11 is 4.78. The molecule has 82 valence electrons. The molecular formula is C10H10N4OS. The van der Waals surface area contributed by atoms with Crippen LogP contribution in [0.2, 0.25) is 0 Å². The number of thiocarbonyl (C=S) groups is 1. The highest BCUT2D eigenvalue weighted by Crippen LogP contribution is 2.00. The van der Waals surface area contributed by atoms with Crippen molar-refractivity contribution in [3.8, 4) is 0 Å². The second kappa shape index (κ2) is 5.72. The molecule has 0 saturated heterocycles. The largest absolute Gasteiger partial charge is 0.370 e. The first-order chi connectivity index (χ1) is 7.61. The maximum absolute atomic E-state index is 10.4. The lowest BCUT2D eigenvalue weighted by Crippen LogP contribution is -2.23. The summed E-state index contributed by atoms with van der Waals surface area (Å²) in [6, 6.07) is 6.84. The van der Waals surface area contributed by atoms with Crippen molar-refractivity contribution in [2.75, 3.05) is 0 Å². The number of carbonyl (C=O) groups is 1. The summed E-state index contributed by atoms with van der Waals surface area (Å²) in [6.45, 7) is 0. The van der Waals surface area contributed by atoms with Gasteiger partial charge in [0.05, 0.1) is 0 Å². The first kappa shape index (κ1) is 12.0. The number of guanidine groups is 1. The SMILES string of the molecule is NC(N)=NC(=S)N=Cc1ccc(C=O)cc1. The molecule has 0 amide bonds. The summed E-state index contributed by atoms with van der Waals surface area (Å²) in [4.78, 5) is 17.8. The molecule has 0 heterocycles. The molecule has 1 rings (SSSR count). The zero-order valence-corrected chi connectivity index (χ0v) is 9.15. The molecule has 0 aliphatic rings. The van der Waals surface area contributed by atoms with E-state index in [0.29, 0.717) is 5.56 Å². The van der Waals surface area contributed by atoms with Crippen molar-refractivity contribution >= 4 is 35.8 Å². The average molecular weight is 234 g/mol. The van der Waals surface area contributed by atoms with Crippen molar-refractivity contribution in [2.24, 2.45) is 21.5 Å². The van der Waals surface area contributed by atoms with Crippen LogP contribution in [0, 0.1) is 0 Å². The molecule has 1 aromatic rings. The van der Waals surface area contributed by atoms with Gasteiger partial charge in [-0.15, -0.1) is 0 Å². The van der Waals surface area contributed by atoms with Crippen molar-refractivity contribution in [2.45, 2.75) is 0 Å². The van der Waals surface area contributed by atoms with Gasteiger partial charge in [0.25, 0.3) is 0 Å². The Labute approximate surface area is 97.9 Å². The minimum absolute atomic E-state index is 0.0551. The van der Waals surface area contributed by atoms with Gasteiger partial charge >= 0.3 is 0 Å². The third-order valence-electron chi connectivity index (χ3n) is 1.62. The van der Waals surface area contributed by atoms with E-state index in [0.717, 1.165) is 11.8 Å². The minimum atomic E-state index is -0.126. The van der Waals surface area contributed by atoms with Gasteiger partial charge in [0.2, 0.25) is 5.11 Å². The van der Waals surface area contributed by atoms with E-state index < -0.39 is 0 Å². The maximum Gasteiger partial charge on any atom is 0.222 e. The van der Waals surface area contributed by atoms with E-state index in [-0.39, 0.29) is 11.1 Å². The van der Waals surface area contributed by atoms with Crippen LogP contribution in [0.5, 0.6) is 0 Å². The quantitative estimate of drug-likeness (QED) is 0.337. The van der Waals surface area contributed by atoms with Crippen molar-refractivity contribution in [1.82, 2.24) is 0 Å². The molecule has 0 atom stereocenters. The Morgan fingerprint density at radius 1 is 1.19 bits per heavy atom. The van der Waals surface area contributed by atoms with E-state index in [1.165, 1.54) is 6.21 Å². The summed E-state index contributed by atoms with van der Waals surface area (Å²) in [5.74, 6) is -0.126. The van der Waals surface area contributed by atoms with Gasteiger partial charge in [0, 0.05) is 11.8 Å². The van der Waals surface area contributed by atoms with E-state index in [1.807, 2.05) is 0 Å². The first-order valence-electron chi connectivity index (χ1n) is 4.34. The highest BCUT2D eigenvalue weighted by atomic mass is 32.1.